The molecule has 66 heavy (non-hydrogen) atoms. The van der Waals surface area contributed by atoms with E-state index in [0.29, 0.717) is 30.4 Å². The summed E-state index contributed by atoms with van der Waals surface area (Å²) in [5, 5.41) is 73.5. The number of carboxylic acids is 1. The van der Waals surface area contributed by atoms with Gasteiger partial charge in [0.05, 0.1) is 23.3 Å². The molecule has 0 radical (unpaired) electrons. The molecule has 0 saturated heterocycles. The number of rotatable bonds is 7. The van der Waals surface area contributed by atoms with Gasteiger partial charge in [0.1, 0.15) is 11.4 Å². The van der Waals surface area contributed by atoms with Gasteiger partial charge in [0.25, 0.3) is 0 Å². The lowest BCUT2D eigenvalue weighted by Gasteiger charge is -2.70. The molecule has 350 valence electrons. The Morgan fingerprint density at radius 3 is 2.42 bits per heavy atom. The predicted molar refractivity (Wildman–Crippen MR) is 248 cm³/mol. The number of aliphatic carboxylic acids is 1. The van der Waals surface area contributed by atoms with E-state index < -0.39 is 85.7 Å². The lowest BCUT2D eigenvalue weighted by molar-refractivity contribution is -0.171. The summed E-state index contributed by atoms with van der Waals surface area (Å²) in [4.78, 5) is 48.4. The van der Waals surface area contributed by atoms with Crippen molar-refractivity contribution in [3.8, 4) is 11.8 Å². The molecule has 0 aliphatic heterocycles. The van der Waals surface area contributed by atoms with Crippen LogP contribution < -0.4 is 11.5 Å². The minimum absolute atomic E-state index is 0.0401. The van der Waals surface area contributed by atoms with Crippen LogP contribution in [-0.2, 0) is 20.8 Å². The van der Waals surface area contributed by atoms with E-state index in [9.17, 15) is 40.2 Å². The van der Waals surface area contributed by atoms with Gasteiger partial charge in [-0.05, 0) is 104 Å². The molecule has 10 N–H and O–H groups in total. The van der Waals surface area contributed by atoms with Crippen LogP contribution >= 0.6 is 0 Å². The number of benzene rings is 1. The minimum atomic E-state index is -1.82. The summed E-state index contributed by atoms with van der Waals surface area (Å²) in [5.74, 6) is 2.42. The average Bonchev–Trinajstić information content (AvgIpc) is 3.41. The highest BCUT2D eigenvalue weighted by Crippen LogP contribution is 2.84. The number of fused-ring (bicyclic) bond motifs is 4. The van der Waals surface area contributed by atoms with E-state index in [4.69, 9.17) is 16.5 Å². The number of hydrogen-bond donors (Lipinski definition) is 8. The van der Waals surface area contributed by atoms with E-state index in [2.05, 4.69) is 37.0 Å². The van der Waals surface area contributed by atoms with Crippen molar-refractivity contribution in [1.29, 1.82) is 0 Å². The number of allylic oxidation sites excluding steroid dienone is 2. The van der Waals surface area contributed by atoms with Gasteiger partial charge in [0, 0.05) is 83.4 Å². The summed E-state index contributed by atoms with van der Waals surface area (Å²) < 4.78 is 0. The van der Waals surface area contributed by atoms with Crippen LogP contribution in [-0.4, -0.2) is 89.7 Å². The molecule has 1 aromatic carbocycles. The molecule has 12 nitrogen and oxygen atoms in total. The van der Waals surface area contributed by atoms with Crippen molar-refractivity contribution in [2.75, 3.05) is 6.61 Å². The summed E-state index contributed by atoms with van der Waals surface area (Å²) in [6, 6.07) is 8.23. The average molecular weight is 900 g/mol. The number of nitrogens with two attached hydrogens (primary N) is 2. The Labute approximate surface area is 386 Å². The Kier molecular flexibility index (Phi) is 10.0. The molecule has 3 saturated carbocycles. The maximum absolute atomic E-state index is 16.0. The second kappa shape index (κ2) is 14.7. The van der Waals surface area contributed by atoms with Crippen LogP contribution in [0.4, 0.5) is 0 Å². The number of aliphatic hydroxyl groups excluding tert-OH is 3. The molecular weight excluding hydrogens is 835 g/mol. The van der Waals surface area contributed by atoms with Gasteiger partial charge >= 0.3 is 5.97 Å². The van der Waals surface area contributed by atoms with Gasteiger partial charge < -0.3 is 42.1 Å². The topological polar surface area (TPSA) is 237 Å². The maximum Gasteiger partial charge on any atom is 0.331 e. The smallest absolute Gasteiger partial charge is 0.331 e. The zero-order valence-electron chi connectivity index (χ0n) is 38.6. The fourth-order valence-electron chi connectivity index (χ4n) is 17.1. The zero-order valence-corrected chi connectivity index (χ0v) is 38.6. The van der Waals surface area contributed by atoms with Crippen molar-refractivity contribution < 1.29 is 45.0 Å². The first-order chi connectivity index (χ1) is 31.1. The molecule has 1 aromatic rings. The molecule has 14 atom stereocenters. The summed E-state index contributed by atoms with van der Waals surface area (Å²) >= 11 is 0. The SMILES string of the molecule is C[C@H](O)C/C(C(=O)O)=C1/CC[C@]2(N=C(N)N)C=C[C@@]3(C[C@@]4(O)C=C[C@]5(O)C6=C7C(=O)C[C@@]3(C)[C@]64CCC#CC[C@]3(C)C(=O)CC[C@@]7(C)[C@@H]3[C@@H]5C3=Cc4ccccc4CC3)[C@H](CCO)[C@@H]2[C@@H]1O. The lowest BCUT2D eigenvalue weighted by atomic mass is 9.33. The lowest BCUT2D eigenvalue weighted by Crippen LogP contribution is -2.71. The zero-order chi connectivity index (χ0) is 47.2. The van der Waals surface area contributed by atoms with Crippen molar-refractivity contribution in [2.24, 2.45) is 67.2 Å². The third-order valence-electron chi connectivity index (χ3n) is 19.5. The van der Waals surface area contributed by atoms with Gasteiger partial charge in [-0.1, -0.05) is 74.9 Å². The highest BCUT2D eigenvalue weighted by molar-refractivity contribution is 6.02. The number of guanidine groups is 1. The Bertz CT molecular complexity index is 2610. The molecule has 0 heterocycles. The predicted octanol–water partition coefficient (Wildman–Crippen LogP) is 5.01. The standard InChI is InChI=1S/C54H65N3O9/c1-30(59)26-35(45(63)64)34-14-20-51(57-46(55)56)22-21-50(36(16-25-58)40(51)42(34)62)29-52(65)23-24-53(66)39(33-13-12-31-10-6-7-11-32(31)27-33)43-47(2)17-8-5-9-18-54(52)44(53)41(37(60)28-49(50,54)4)48(43,3)19-15-38(47)61/h6-7,10-11,21-24,27,30,36,39-40,42-43,58-59,62,65-66H,9,12-20,25-26,28-29H2,1-4H3,(H,63,64)(H4,55,56,57)/b35-34+/t30-,36+,39-,40+,42+,43+,47+,48+,49+,50+,51-,52-,53+,54-/m0/s1. The summed E-state index contributed by atoms with van der Waals surface area (Å²) in [5.41, 5.74) is 6.37. The quantitative estimate of drug-likeness (QED) is 0.0595. The largest absolute Gasteiger partial charge is 0.478 e. The Hall–Kier alpha value is -4.64. The van der Waals surface area contributed by atoms with Gasteiger partial charge in [-0.15, -0.1) is 11.8 Å². The molecule has 9 aliphatic carbocycles. The van der Waals surface area contributed by atoms with E-state index in [1.807, 2.05) is 38.1 Å². The first-order valence-electron chi connectivity index (χ1n) is 24.1. The molecule has 2 spiro atoms. The van der Waals surface area contributed by atoms with E-state index >= 15 is 4.79 Å². The Balaban J connectivity index is 1.28. The molecule has 4 bridgehead atoms. The van der Waals surface area contributed by atoms with Crippen LogP contribution in [0.3, 0.4) is 0 Å². The van der Waals surface area contributed by atoms with Crippen LogP contribution in [0.1, 0.15) is 116 Å². The van der Waals surface area contributed by atoms with E-state index in [1.54, 1.807) is 12.2 Å². The number of aliphatic imine (C=N–C) groups is 1. The van der Waals surface area contributed by atoms with E-state index in [0.717, 1.165) is 17.6 Å². The Morgan fingerprint density at radius 2 is 1.71 bits per heavy atom. The van der Waals surface area contributed by atoms with E-state index in [-0.39, 0.29) is 93.1 Å². The monoisotopic (exact) mass is 899 g/mol. The molecule has 12 heteroatoms. The third-order valence-corrected chi connectivity index (χ3v) is 19.5. The number of carboxylic acid groups (broad SMARTS) is 1. The second-order valence-electron chi connectivity index (χ2n) is 22.4. The molecule has 0 unspecified atom stereocenters. The Morgan fingerprint density at radius 1 is 0.955 bits per heavy atom. The molecule has 3 fully saturated rings. The van der Waals surface area contributed by atoms with Crippen LogP contribution in [0.15, 0.2) is 81.4 Å². The first-order valence-corrected chi connectivity index (χ1v) is 24.1. The van der Waals surface area contributed by atoms with Gasteiger partial charge in [-0.25, -0.2) is 9.79 Å². The summed E-state index contributed by atoms with van der Waals surface area (Å²) in [6.45, 7) is 7.30. The van der Waals surface area contributed by atoms with Crippen LogP contribution in [0, 0.1) is 62.6 Å². The fraction of sp³-hybridized carbons (Fsp3) is 0.593. The van der Waals surface area contributed by atoms with Crippen LogP contribution in [0.25, 0.3) is 6.08 Å². The molecule has 0 amide bonds. The number of aryl methyl sites for hydroxylation is 1. The minimum Gasteiger partial charge on any atom is -0.478 e. The maximum atomic E-state index is 16.0. The number of nitrogens with zero attached hydrogens (tertiary/aromatic N) is 1. The number of ketones is 2. The van der Waals surface area contributed by atoms with Crippen molar-refractivity contribution >= 4 is 29.6 Å². The van der Waals surface area contributed by atoms with Crippen LogP contribution in [0.2, 0.25) is 0 Å². The van der Waals surface area contributed by atoms with E-state index in [1.165, 1.54) is 12.5 Å². The summed E-state index contributed by atoms with van der Waals surface area (Å²) in [6.07, 6.45) is 10.2. The molecule has 0 aromatic heterocycles. The second-order valence-corrected chi connectivity index (χ2v) is 22.4. The van der Waals surface area contributed by atoms with Crippen molar-refractivity contribution in [1.82, 2.24) is 0 Å². The highest BCUT2D eigenvalue weighted by atomic mass is 16.4. The molecular formula is C54H65N3O9. The van der Waals surface area contributed by atoms with Crippen molar-refractivity contribution in [3.63, 3.8) is 0 Å². The molecule has 9 aliphatic rings. The van der Waals surface area contributed by atoms with Gasteiger partial charge in [-0.3, -0.25) is 9.59 Å². The summed E-state index contributed by atoms with van der Waals surface area (Å²) in [7, 11) is 0. The van der Waals surface area contributed by atoms with Crippen LogP contribution in [0.5, 0.6) is 0 Å². The number of carbonyl (C=O) groups excluding carboxylic acids is 2. The van der Waals surface area contributed by atoms with Gasteiger partial charge in [-0.2, -0.15) is 0 Å². The van der Waals surface area contributed by atoms with Crippen molar-refractivity contribution in [3.05, 3.63) is 87.6 Å². The molecule has 10 rings (SSSR count). The normalized spacial score (nSPS) is 44.9. The third kappa shape index (κ3) is 5.52. The van der Waals surface area contributed by atoms with Crippen molar-refractivity contribution in [2.45, 2.75) is 140 Å². The number of aliphatic hydroxyl groups is 5. The number of Topliss-reactive ketones (excluding diaryl/α,β-unsaturated/α-hetero) is 2. The number of carbonyl (C=O) groups is 3. The first kappa shape index (κ1) is 45.2. The fourth-order valence-corrected chi connectivity index (χ4v) is 17.1. The van der Waals surface area contributed by atoms with Gasteiger partial charge in [0.2, 0.25) is 0 Å². The number of hydrogen-bond acceptors (Lipinski definition) is 9. The highest BCUT2D eigenvalue weighted by Gasteiger charge is 2.84. The van der Waals surface area contributed by atoms with Gasteiger partial charge in [0.15, 0.2) is 11.7 Å².